The molecule has 0 aromatic heterocycles. The highest BCUT2D eigenvalue weighted by atomic mass is 19.3. The second-order valence-electron chi connectivity index (χ2n) is 8.18. The number of carbonyl (C=O) groups excluding carboxylic acids is 2. The number of hydrogen-bond acceptors (Lipinski definition) is 4. The van der Waals surface area contributed by atoms with Gasteiger partial charge in [-0.2, -0.15) is 0 Å². The minimum atomic E-state index is -2.86. The fraction of sp³-hybridized carbons (Fsp3) is 0.375. The van der Waals surface area contributed by atoms with Crippen molar-refractivity contribution in [3.8, 4) is 11.1 Å². The Balaban J connectivity index is 1.44. The molecule has 2 unspecified atom stereocenters. The molecule has 2 aromatic rings. The Morgan fingerprint density at radius 2 is 1.67 bits per heavy atom. The number of carbonyl (C=O) groups is 3. The van der Waals surface area contributed by atoms with E-state index in [1.807, 2.05) is 48.5 Å². The SMILES string of the molecule is O=C(NC(CC(F)F)C(=O)N1CCCC1C(=O)O)OCC1c2ccccc2-c2ccccc21. The van der Waals surface area contributed by atoms with Gasteiger partial charge in [-0.1, -0.05) is 48.5 Å². The van der Waals surface area contributed by atoms with Crippen molar-refractivity contribution in [3.05, 3.63) is 59.7 Å². The summed E-state index contributed by atoms with van der Waals surface area (Å²) in [6, 6.07) is 12.9. The first-order valence-electron chi connectivity index (χ1n) is 10.8. The molecular weight excluding hydrogens is 434 g/mol. The number of ether oxygens (including phenoxy) is 1. The molecule has 1 heterocycles. The second kappa shape index (κ2) is 9.56. The molecule has 7 nitrogen and oxygen atoms in total. The molecule has 0 bridgehead atoms. The van der Waals surface area contributed by atoms with E-state index in [1.165, 1.54) is 0 Å². The molecule has 33 heavy (non-hydrogen) atoms. The molecule has 4 rings (SSSR count). The summed E-state index contributed by atoms with van der Waals surface area (Å²) < 4.78 is 31.6. The number of halogens is 2. The average Bonchev–Trinajstić information content (AvgIpc) is 3.40. The third-order valence-corrected chi connectivity index (χ3v) is 6.17. The van der Waals surface area contributed by atoms with Crippen molar-refractivity contribution in [2.45, 2.75) is 43.7 Å². The van der Waals surface area contributed by atoms with Crippen LogP contribution in [0.15, 0.2) is 48.5 Å². The molecule has 2 atom stereocenters. The molecule has 9 heteroatoms. The average molecular weight is 458 g/mol. The monoisotopic (exact) mass is 458 g/mol. The minimum absolute atomic E-state index is 0.0308. The molecule has 2 aromatic carbocycles. The molecule has 1 aliphatic heterocycles. The van der Waals surface area contributed by atoms with E-state index >= 15 is 0 Å². The quantitative estimate of drug-likeness (QED) is 0.661. The van der Waals surface area contributed by atoms with Crippen LogP contribution in [0.3, 0.4) is 0 Å². The number of likely N-dealkylation sites (tertiary alicyclic amines) is 1. The van der Waals surface area contributed by atoms with Crippen LogP contribution in [0.25, 0.3) is 11.1 Å². The number of benzene rings is 2. The van der Waals surface area contributed by atoms with Crippen LogP contribution in [0.4, 0.5) is 13.6 Å². The zero-order chi connectivity index (χ0) is 23.5. The van der Waals surface area contributed by atoms with E-state index < -0.39 is 42.9 Å². The Hall–Kier alpha value is -3.49. The fourth-order valence-corrected chi connectivity index (χ4v) is 4.67. The maximum Gasteiger partial charge on any atom is 0.407 e. The van der Waals surface area contributed by atoms with E-state index in [4.69, 9.17) is 4.74 Å². The lowest BCUT2D eigenvalue weighted by Crippen LogP contribution is -2.52. The van der Waals surface area contributed by atoms with Gasteiger partial charge in [-0.15, -0.1) is 0 Å². The molecule has 2 aliphatic rings. The summed E-state index contributed by atoms with van der Waals surface area (Å²) in [4.78, 5) is 37.7. The molecular formula is C24H24F2N2O5. The van der Waals surface area contributed by atoms with E-state index in [0.717, 1.165) is 27.2 Å². The van der Waals surface area contributed by atoms with E-state index in [0.29, 0.717) is 6.42 Å². The van der Waals surface area contributed by atoms with Crippen molar-refractivity contribution >= 4 is 18.0 Å². The normalized spacial score (nSPS) is 18.0. The van der Waals surface area contributed by atoms with Crippen LogP contribution in [-0.2, 0) is 14.3 Å². The van der Waals surface area contributed by atoms with E-state index in [2.05, 4.69) is 5.32 Å². The standard InChI is InChI=1S/C24H24F2N2O5/c25-21(26)12-19(22(29)28-11-5-10-20(28)23(30)31)27-24(32)33-13-18-16-8-3-1-6-14(16)15-7-2-4-9-17(15)18/h1-4,6-9,18-21H,5,10-13H2,(H,27,32)(H,30,31). The number of aliphatic carboxylic acids is 1. The number of amides is 2. The largest absolute Gasteiger partial charge is 0.480 e. The van der Waals surface area contributed by atoms with Crippen LogP contribution in [0.2, 0.25) is 0 Å². The number of alkyl carbamates (subject to hydrolysis) is 1. The lowest BCUT2D eigenvalue weighted by atomic mass is 9.98. The Morgan fingerprint density at radius 3 is 2.24 bits per heavy atom. The second-order valence-corrected chi connectivity index (χ2v) is 8.18. The van der Waals surface area contributed by atoms with Gasteiger partial charge in [0.2, 0.25) is 12.3 Å². The van der Waals surface area contributed by atoms with Gasteiger partial charge in [0.15, 0.2) is 0 Å². The first-order valence-corrected chi connectivity index (χ1v) is 10.8. The summed E-state index contributed by atoms with van der Waals surface area (Å²) in [6.07, 6.45) is -4.09. The number of carboxylic acid groups (broad SMARTS) is 1. The topological polar surface area (TPSA) is 95.9 Å². The van der Waals surface area contributed by atoms with Crippen molar-refractivity contribution in [2.75, 3.05) is 13.2 Å². The lowest BCUT2D eigenvalue weighted by Gasteiger charge is -2.27. The van der Waals surface area contributed by atoms with Crippen molar-refractivity contribution in [1.82, 2.24) is 10.2 Å². The Kier molecular flexibility index (Phi) is 6.57. The van der Waals surface area contributed by atoms with Gasteiger partial charge in [0.25, 0.3) is 0 Å². The molecule has 1 aliphatic carbocycles. The van der Waals surface area contributed by atoms with Crippen molar-refractivity contribution in [3.63, 3.8) is 0 Å². The number of hydrogen-bond donors (Lipinski definition) is 2. The molecule has 0 radical (unpaired) electrons. The van der Waals surface area contributed by atoms with Crippen molar-refractivity contribution in [1.29, 1.82) is 0 Å². The van der Waals surface area contributed by atoms with E-state index in [-0.39, 0.29) is 25.5 Å². The summed E-state index contributed by atoms with van der Waals surface area (Å²) in [6.45, 7) is 0.110. The first-order chi connectivity index (χ1) is 15.9. The van der Waals surface area contributed by atoms with E-state index in [1.54, 1.807) is 0 Å². The smallest absolute Gasteiger partial charge is 0.407 e. The Labute approximate surface area is 189 Å². The number of nitrogens with zero attached hydrogens (tertiary/aromatic N) is 1. The van der Waals surface area contributed by atoms with Crippen molar-refractivity contribution < 1.29 is 33.0 Å². The van der Waals surface area contributed by atoms with Crippen LogP contribution in [0, 0.1) is 0 Å². The van der Waals surface area contributed by atoms with Gasteiger partial charge in [-0.25, -0.2) is 18.4 Å². The maximum atomic E-state index is 13.1. The Bertz CT molecular complexity index is 1020. The molecule has 0 spiro atoms. The summed E-state index contributed by atoms with van der Waals surface area (Å²) in [7, 11) is 0. The zero-order valence-corrected chi connectivity index (χ0v) is 17.7. The zero-order valence-electron chi connectivity index (χ0n) is 17.7. The van der Waals surface area contributed by atoms with E-state index in [9.17, 15) is 28.3 Å². The summed E-state index contributed by atoms with van der Waals surface area (Å²) >= 11 is 0. The molecule has 1 fully saturated rings. The maximum absolute atomic E-state index is 13.1. The highest BCUT2D eigenvalue weighted by molar-refractivity contribution is 5.90. The molecule has 1 saturated heterocycles. The van der Waals surface area contributed by atoms with Gasteiger partial charge >= 0.3 is 12.1 Å². The lowest BCUT2D eigenvalue weighted by molar-refractivity contribution is -0.149. The predicted octanol–water partition coefficient (Wildman–Crippen LogP) is 3.62. The van der Waals surface area contributed by atoms with Gasteiger partial charge < -0.3 is 20.1 Å². The molecule has 0 saturated carbocycles. The summed E-state index contributed by atoms with van der Waals surface area (Å²) in [5.74, 6) is -2.26. The van der Waals surface area contributed by atoms with Gasteiger partial charge in [0.1, 0.15) is 18.7 Å². The third kappa shape index (κ3) is 4.67. The number of carboxylic acids is 1. The van der Waals surface area contributed by atoms with Gasteiger partial charge in [0, 0.05) is 18.9 Å². The van der Waals surface area contributed by atoms with Crippen LogP contribution in [-0.4, -0.2) is 59.6 Å². The number of alkyl halides is 2. The molecule has 174 valence electrons. The molecule has 2 N–H and O–H groups in total. The van der Waals surface area contributed by atoms with Crippen LogP contribution in [0.1, 0.15) is 36.3 Å². The fourth-order valence-electron chi connectivity index (χ4n) is 4.67. The highest BCUT2D eigenvalue weighted by Gasteiger charge is 2.39. The molecule has 2 amide bonds. The van der Waals surface area contributed by atoms with Gasteiger partial charge in [0.05, 0.1) is 0 Å². The highest BCUT2D eigenvalue weighted by Crippen LogP contribution is 2.44. The van der Waals surface area contributed by atoms with Crippen molar-refractivity contribution in [2.24, 2.45) is 0 Å². The number of rotatable bonds is 7. The van der Waals surface area contributed by atoms with Gasteiger partial charge in [-0.3, -0.25) is 4.79 Å². The van der Waals surface area contributed by atoms with Crippen LogP contribution in [0.5, 0.6) is 0 Å². The summed E-state index contributed by atoms with van der Waals surface area (Å²) in [5, 5.41) is 11.5. The third-order valence-electron chi connectivity index (χ3n) is 6.17. The Morgan fingerprint density at radius 1 is 1.06 bits per heavy atom. The minimum Gasteiger partial charge on any atom is -0.480 e. The first kappa shape index (κ1) is 22.7. The van der Waals surface area contributed by atoms with Crippen LogP contribution >= 0.6 is 0 Å². The van der Waals surface area contributed by atoms with Gasteiger partial charge in [-0.05, 0) is 35.1 Å². The summed E-state index contributed by atoms with van der Waals surface area (Å²) in [5.41, 5.74) is 4.07. The number of fused-ring (bicyclic) bond motifs is 3. The van der Waals surface area contributed by atoms with Crippen LogP contribution < -0.4 is 5.32 Å². The number of nitrogens with one attached hydrogen (secondary N) is 1. The predicted molar refractivity (Wildman–Crippen MR) is 115 cm³/mol.